The smallest absolute Gasteiger partial charge is 0.370 e. The number of nitrogens with zero attached hydrogens (tertiary/aromatic N) is 2. The fourth-order valence-electron chi connectivity index (χ4n) is 1.08. The number of alkyl halides is 3. The maximum atomic E-state index is 11.7. The SMILES string of the molecule is CN(C(N)=NCCSC(F)(F)F)C1CC1. The highest BCUT2D eigenvalue weighted by atomic mass is 32.2. The molecule has 0 amide bonds. The molecule has 88 valence electrons. The van der Waals surface area contributed by atoms with Crippen molar-refractivity contribution in [1.82, 2.24) is 4.90 Å². The molecule has 0 bridgehead atoms. The lowest BCUT2D eigenvalue weighted by Gasteiger charge is -2.16. The molecule has 0 heterocycles. The molecule has 0 unspecified atom stereocenters. The number of nitrogens with two attached hydrogens (primary N) is 1. The van der Waals surface area contributed by atoms with Crippen LogP contribution >= 0.6 is 11.8 Å². The highest BCUT2D eigenvalue weighted by Crippen LogP contribution is 2.29. The van der Waals surface area contributed by atoms with Crippen LogP contribution < -0.4 is 5.73 Å². The maximum Gasteiger partial charge on any atom is 0.441 e. The van der Waals surface area contributed by atoms with Crippen LogP contribution in [0.25, 0.3) is 0 Å². The summed E-state index contributed by atoms with van der Waals surface area (Å²) in [6.07, 6.45) is 2.17. The van der Waals surface area contributed by atoms with Gasteiger partial charge in [-0.05, 0) is 24.6 Å². The van der Waals surface area contributed by atoms with Crippen molar-refractivity contribution in [1.29, 1.82) is 0 Å². The summed E-state index contributed by atoms with van der Waals surface area (Å²) >= 11 is -0.0699. The van der Waals surface area contributed by atoms with E-state index in [0.29, 0.717) is 12.0 Å². The minimum atomic E-state index is -4.17. The average Bonchev–Trinajstić information content (AvgIpc) is 2.92. The molecule has 1 aliphatic rings. The first kappa shape index (κ1) is 12.5. The van der Waals surface area contributed by atoms with Gasteiger partial charge in [-0.3, -0.25) is 4.99 Å². The van der Waals surface area contributed by atoms with E-state index >= 15 is 0 Å². The molecule has 7 heteroatoms. The van der Waals surface area contributed by atoms with Gasteiger partial charge in [0.05, 0.1) is 6.54 Å². The molecule has 1 aliphatic carbocycles. The van der Waals surface area contributed by atoms with Gasteiger partial charge in [0, 0.05) is 18.8 Å². The summed E-state index contributed by atoms with van der Waals surface area (Å²) in [6.45, 7) is 0.104. The summed E-state index contributed by atoms with van der Waals surface area (Å²) in [5, 5.41) is 0. The summed E-state index contributed by atoms with van der Waals surface area (Å²) in [5.41, 5.74) is 1.42. The van der Waals surface area contributed by atoms with Crippen molar-refractivity contribution in [2.24, 2.45) is 10.7 Å². The van der Waals surface area contributed by atoms with Gasteiger partial charge in [0.15, 0.2) is 5.96 Å². The van der Waals surface area contributed by atoms with Gasteiger partial charge in [-0.2, -0.15) is 13.2 Å². The second-order valence-corrected chi connectivity index (χ2v) is 4.54. The highest BCUT2D eigenvalue weighted by Gasteiger charge is 2.28. The van der Waals surface area contributed by atoms with Gasteiger partial charge in [0.25, 0.3) is 0 Å². The summed E-state index contributed by atoms with van der Waals surface area (Å²) in [4.78, 5) is 5.71. The molecule has 0 aromatic heterocycles. The Balaban J connectivity index is 2.19. The number of guanidine groups is 1. The lowest BCUT2D eigenvalue weighted by atomic mass is 10.6. The third-order valence-corrected chi connectivity index (χ3v) is 2.80. The van der Waals surface area contributed by atoms with Gasteiger partial charge in [-0.25, -0.2) is 0 Å². The summed E-state index contributed by atoms with van der Waals surface area (Å²) < 4.78 is 35.2. The van der Waals surface area contributed by atoms with Crippen LogP contribution in [0.15, 0.2) is 4.99 Å². The number of rotatable bonds is 4. The Hall–Kier alpha value is -0.590. The molecule has 1 fully saturated rings. The number of hydrogen-bond acceptors (Lipinski definition) is 2. The third kappa shape index (κ3) is 5.15. The van der Waals surface area contributed by atoms with E-state index in [2.05, 4.69) is 4.99 Å². The van der Waals surface area contributed by atoms with Crippen LogP contribution in [-0.4, -0.2) is 41.8 Å². The second-order valence-electron chi connectivity index (χ2n) is 3.38. The van der Waals surface area contributed by atoms with Crippen LogP contribution in [-0.2, 0) is 0 Å². The first-order valence-corrected chi connectivity index (χ1v) is 5.62. The molecule has 0 atom stereocenters. The molecule has 0 radical (unpaired) electrons. The predicted octanol–water partition coefficient (Wildman–Crippen LogP) is 1.65. The topological polar surface area (TPSA) is 41.6 Å². The monoisotopic (exact) mass is 241 g/mol. The third-order valence-electron chi connectivity index (χ3n) is 2.09. The van der Waals surface area contributed by atoms with Crippen molar-refractivity contribution < 1.29 is 13.2 Å². The zero-order valence-corrected chi connectivity index (χ0v) is 9.24. The van der Waals surface area contributed by atoms with Gasteiger partial charge < -0.3 is 10.6 Å². The van der Waals surface area contributed by atoms with Gasteiger partial charge >= 0.3 is 5.51 Å². The zero-order valence-electron chi connectivity index (χ0n) is 8.42. The summed E-state index contributed by atoms with van der Waals surface area (Å²) in [6, 6.07) is 0.434. The van der Waals surface area contributed by atoms with E-state index < -0.39 is 5.51 Å². The van der Waals surface area contributed by atoms with Crippen molar-refractivity contribution in [2.45, 2.75) is 24.4 Å². The van der Waals surface area contributed by atoms with E-state index in [-0.39, 0.29) is 24.1 Å². The Bertz CT molecular complexity index is 238. The molecule has 0 aromatic carbocycles. The minimum Gasteiger partial charge on any atom is -0.370 e. The lowest BCUT2D eigenvalue weighted by molar-refractivity contribution is -0.0327. The van der Waals surface area contributed by atoms with Crippen LogP contribution in [0.4, 0.5) is 13.2 Å². The first-order chi connectivity index (χ1) is 6.90. The molecule has 1 rings (SSSR count). The van der Waals surface area contributed by atoms with Crippen molar-refractivity contribution >= 4 is 17.7 Å². The number of aliphatic imine (C=N–C) groups is 1. The van der Waals surface area contributed by atoms with Crippen LogP contribution in [0.3, 0.4) is 0 Å². The van der Waals surface area contributed by atoms with E-state index in [0.717, 1.165) is 12.8 Å². The molecule has 0 spiro atoms. The number of thioether (sulfide) groups is 1. The Morgan fingerprint density at radius 2 is 2.13 bits per heavy atom. The van der Waals surface area contributed by atoms with Crippen LogP contribution in [0, 0.1) is 0 Å². The van der Waals surface area contributed by atoms with E-state index in [9.17, 15) is 13.2 Å². The average molecular weight is 241 g/mol. The van der Waals surface area contributed by atoms with Gasteiger partial charge in [0.2, 0.25) is 0 Å². The summed E-state index contributed by atoms with van der Waals surface area (Å²) in [5.74, 6) is 0.253. The minimum absolute atomic E-state index is 0.0699. The molecule has 2 N–H and O–H groups in total. The van der Waals surface area contributed by atoms with Crippen LogP contribution in [0.2, 0.25) is 0 Å². The lowest BCUT2D eigenvalue weighted by Crippen LogP contribution is -2.35. The largest absolute Gasteiger partial charge is 0.441 e. The van der Waals surface area contributed by atoms with E-state index in [1.807, 2.05) is 11.9 Å². The number of halogens is 3. The van der Waals surface area contributed by atoms with Gasteiger partial charge in [0.1, 0.15) is 0 Å². The molecule has 15 heavy (non-hydrogen) atoms. The Kier molecular flexibility index (Phi) is 4.12. The van der Waals surface area contributed by atoms with E-state index in [1.54, 1.807) is 0 Å². The van der Waals surface area contributed by atoms with E-state index in [1.165, 1.54) is 0 Å². The zero-order chi connectivity index (χ0) is 11.5. The van der Waals surface area contributed by atoms with Crippen LogP contribution in [0.1, 0.15) is 12.8 Å². The molecule has 0 saturated heterocycles. The molecular weight excluding hydrogens is 227 g/mol. The maximum absolute atomic E-state index is 11.7. The molecule has 3 nitrogen and oxygen atoms in total. The summed E-state index contributed by atoms with van der Waals surface area (Å²) in [7, 11) is 1.81. The van der Waals surface area contributed by atoms with Crippen molar-refractivity contribution in [3.05, 3.63) is 0 Å². The van der Waals surface area contributed by atoms with Gasteiger partial charge in [-0.1, -0.05) is 0 Å². The van der Waals surface area contributed by atoms with Crippen LogP contribution in [0.5, 0.6) is 0 Å². The van der Waals surface area contributed by atoms with E-state index in [4.69, 9.17) is 5.73 Å². The Labute approximate surface area is 90.9 Å². The predicted molar refractivity (Wildman–Crippen MR) is 55.8 cm³/mol. The molecule has 1 saturated carbocycles. The standard InChI is InChI=1S/C8H14F3N3S/c1-14(6-2-3-6)7(12)13-4-5-15-8(9,10)11/h6H,2-5H2,1H3,(H2,12,13). The quantitative estimate of drug-likeness (QED) is 0.462. The first-order valence-electron chi connectivity index (χ1n) is 4.63. The Morgan fingerprint density at radius 1 is 1.53 bits per heavy atom. The Morgan fingerprint density at radius 3 is 2.60 bits per heavy atom. The normalized spacial score (nSPS) is 18.0. The fourth-order valence-corrected chi connectivity index (χ4v) is 1.50. The van der Waals surface area contributed by atoms with Crippen molar-refractivity contribution in [3.8, 4) is 0 Å². The highest BCUT2D eigenvalue weighted by molar-refractivity contribution is 8.00. The van der Waals surface area contributed by atoms with Gasteiger partial charge in [-0.15, -0.1) is 0 Å². The number of hydrogen-bond donors (Lipinski definition) is 1. The molecule has 0 aliphatic heterocycles. The van der Waals surface area contributed by atoms with Crippen molar-refractivity contribution in [3.63, 3.8) is 0 Å². The molecule has 0 aromatic rings. The van der Waals surface area contributed by atoms with Crippen molar-refractivity contribution in [2.75, 3.05) is 19.3 Å². The fraction of sp³-hybridized carbons (Fsp3) is 0.875. The second kappa shape index (κ2) is 4.96. The molecular formula is C8H14F3N3S.